The maximum atomic E-state index is 12.2. The molecular formula is C20H32N2O4S. The van der Waals surface area contributed by atoms with Crippen molar-refractivity contribution >= 4 is 21.4 Å². The van der Waals surface area contributed by atoms with E-state index in [2.05, 4.69) is 17.1 Å². The van der Waals surface area contributed by atoms with Crippen LogP contribution in [0.3, 0.4) is 0 Å². The number of nitrogens with one attached hydrogen (secondary N) is 1. The third-order valence-corrected chi connectivity index (χ3v) is 6.77. The van der Waals surface area contributed by atoms with E-state index < -0.39 is 15.9 Å². The summed E-state index contributed by atoms with van der Waals surface area (Å²) in [6.07, 6.45) is 3.33. The number of piperidine rings is 1. The lowest BCUT2D eigenvalue weighted by atomic mass is 10.0. The number of benzene rings is 1. The Bertz CT molecular complexity index is 695. The van der Waals surface area contributed by atoms with Gasteiger partial charge >= 0.3 is 0 Å². The second-order valence-corrected chi connectivity index (χ2v) is 9.31. The molecule has 1 fully saturated rings. The molecule has 1 aliphatic rings. The fraction of sp³-hybridized carbons (Fsp3) is 0.650. The molecule has 1 heterocycles. The highest BCUT2D eigenvalue weighted by atomic mass is 32.2. The third-order valence-electron chi connectivity index (χ3n) is 5.02. The van der Waals surface area contributed by atoms with Crippen LogP contribution in [0.1, 0.15) is 46.5 Å². The number of hydrogen-bond donors (Lipinski definition) is 1. The van der Waals surface area contributed by atoms with E-state index in [0.29, 0.717) is 11.5 Å². The van der Waals surface area contributed by atoms with Gasteiger partial charge in [0.25, 0.3) is 0 Å². The summed E-state index contributed by atoms with van der Waals surface area (Å²) in [5, 5.41) is 3.08. The summed E-state index contributed by atoms with van der Waals surface area (Å²) in [5.74, 6) is 0.0663. The number of nitrogens with zero attached hydrogens (tertiary/aromatic N) is 1. The molecule has 1 unspecified atom stereocenters. The van der Waals surface area contributed by atoms with Gasteiger partial charge in [0.05, 0.1) is 10.6 Å². The molecule has 2 rings (SSSR count). The maximum Gasteiger partial charge on any atom is 0.249 e. The van der Waals surface area contributed by atoms with Crippen molar-refractivity contribution in [1.29, 1.82) is 0 Å². The van der Waals surface area contributed by atoms with Gasteiger partial charge in [-0.05, 0) is 50.5 Å². The number of carbonyl (C=O) groups excluding carboxylic acids is 1. The molecule has 27 heavy (non-hydrogen) atoms. The molecule has 1 atom stereocenters. The van der Waals surface area contributed by atoms with Gasteiger partial charge in [0.1, 0.15) is 6.10 Å². The van der Waals surface area contributed by atoms with Crippen molar-refractivity contribution in [2.75, 3.05) is 30.3 Å². The number of carbonyl (C=O) groups is 1. The van der Waals surface area contributed by atoms with Gasteiger partial charge in [-0.25, -0.2) is 8.42 Å². The minimum Gasteiger partial charge on any atom is -0.371 e. The van der Waals surface area contributed by atoms with Crippen LogP contribution >= 0.6 is 0 Å². The number of amides is 1. The van der Waals surface area contributed by atoms with Crippen LogP contribution in [0.4, 0.5) is 5.69 Å². The molecule has 0 radical (unpaired) electrons. The van der Waals surface area contributed by atoms with E-state index >= 15 is 0 Å². The van der Waals surface area contributed by atoms with Gasteiger partial charge in [-0.1, -0.05) is 20.3 Å². The smallest absolute Gasteiger partial charge is 0.249 e. The molecule has 0 aliphatic carbocycles. The summed E-state index contributed by atoms with van der Waals surface area (Å²) in [5.41, 5.74) is 1.02. The molecule has 0 bridgehead atoms. The van der Waals surface area contributed by atoms with Crippen LogP contribution in [-0.4, -0.2) is 51.9 Å². The summed E-state index contributed by atoms with van der Waals surface area (Å²) in [6.45, 7) is 7.82. The number of hydrogen-bond acceptors (Lipinski definition) is 5. The predicted octanol–water partition coefficient (Wildman–Crippen LogP) is 2.77. The second-order valence-electron chi connectivity index (χ2n) is 7.03. The Kier molecular flexibility index (Phi) is 8.10. The summed E-state index contributed by atoms with van der Waals surface area (Å²) < 4.78 is 29.4. The second kappa shape index (κ2) is 10.1. The van der Waals surface area contributed by atoms with Crippen molar-refractivity contribution in [3.05, 3.63) is 24.3 Å². The predicted molar refractivity (Wildman–Crippen MR) is 108 cm³/mol. The molecule has 1 aromatic carbocycles. The fourth-order valence-corrected chi connectivity index (χ4v) is 4.00. The van der Waals surface area contributed by atoms with E-state index in [0.717, 1.165) is 44.5 Å². The molecule has 0 saturated carbocycles. The zero-order valence-corrected chi connectivity index (χ0v) is 17.4. The first kappa shape index (κ1) is 21.7. The first-order chi connectivity index (χ1) is 12.9. The molecule has 1 aliphatic heterocycles. The Morgan fingerprint density at radius 2 is 1.85 bits per heavy atom. The first-order valence-corrected chi connectivity index (χ1v) is 11.5. The molecule has 7 heteroatoms. The molecule has 1 saturated heterocycles. The number of rotatable bonds is 9. The number of sulfone groups is 1. The average Bonchev–Trinajstić information content (AvgIpc) is 2.68. The van der Waals surface area contributed by atoms with Crippen molar-refractivity contribution in [1.82, 2.24) is 5.32 Å². The number of unbranched alkanes of at least 4 members (excludes halogenated alkanes) is 1. The van der Waals surface area contributed by atoms with E-state index in [4.69, 9.17) is 4.74 Å². The van der Waals surface area contributed by atoms with E-state index in [9.17, 15) is 13.2 Å². The standard InChI is InChI=1S/C20H32N2O4S/c1-4-6-15-26-16(3)20(23)21-17-11-13-22(14-12-17)18-7-9-19(10-8-18)27(24,25)5-2/h7-10,16-17H,4-6,11-15H2,1-3H3,(H,21,23). The largest absolute Gasteiger partial charge is 0.371 e. The van der Waals surface area contributed by atoms with Crippen LogP contribution in [0.15, 0.2) is 29.2 Å². The van der Waals surface area contributed by atoms with E-state index in [1.807, 2.05) is 12.1 Å². The lowest BCUT2D eigenvalue weighted by Gasteiger charge is -2.34. The summed E-state index contributed by atoms with van der Waals surface area (Å²) in [7, 11) is -3.16. The average molecular weight is 397 g/mol. The van der Waals surface area contributed by atoms with Gasteiger partial charge in [-0.3, -0.25) is 4.79 Å². The summed E-state index contributed by atoms with van der Waals surface area (Å²) in [6, 6.07) is 7.25. The quantitative estimate of drug-likeness (QED) is 0.650. The molecule has 6 nitrogen and oxygen atoms in total. The molecule has 0 aromatic heterocycles. The van der Waals surface area contributed by atoms with Crippen molar-refractivity contribution < 1.29 is 17.9 Å². The number of ether oxygens (including phenoxy) is 1. The van der Waals surface area contributed by atoms with Gasteiger partial charge in [0, 0.05) is 31.4 Å². The van der Waals surface area contributed by atoms with E-state index in [-0.39, 0.29) is 17.7 Å². The molecule has 1 N–H and O–H groups in total. The van der Waals surface area contributed by atoms with Crippen molar-refractivity contribution in [2.24, 2.45) is 0 Å². The molecule has 0 spiro atoms. The molecule has 152 valence electrons. The van der Waals surface area contributed by atoms with E-state index in [1.165, 1.54) is 0 Å². The van der Waals surface area contributed by atoms with Gasteiger partial charge in [0.15, 0.2) is 9.84 Å². The Labute approximate surface area is 163 Å². The van der Waals surface area contributed by atoms with Crippen LogP contribution in [0.2, 0.25) is 0 Å². The third kappa shape index (κ3) is 6.21. The fourth-order valence-electron chi connectivity index (χ4n) is 3.11. The maximum absolute atomic E-state index is 12.2. The zero-order valence-electron chi connectivity index (χ0n) is 16.6. The monoisotopic (exact) mass is 396 g/mol. The van der Waals surface area contributed by atoms with Crippen LogP contribution < -0.4 is 10.2 Å². The van der Waals surface area contributed by atoms with Crippen molar-refractivity contribution in [2.45, 2.75) is 63.5 Å². The Balaban J connectivity index is 1.82. The Morgan fingerprint density at radius 1 is 1.22 bits per heavy atom. The van der Waals surface area contributed by atoms with Gasteiger partial charge in [-0.2, -0.15) is 0 Å². The minimum atomic E-state index is -3.16. The van der Waals surface area contributed by atoms with Crippen LogP contribution in [-0.2, 0) is 19.4 Å². The van der Waals surface area contributed by atoms with Gasteiger partial charge < -0.3 is 15.0 Å². The van der Waals surface area contributed by atoms with E-state index in [1.54, 1.807) is 26.0 Å². The highest BCUT2D eigenvalue weighted by Crippen LogP contribution is 2.22. The first-order valence-electron chi connectivity index (χ1n) is 9.87. The Morgan fingerprint density at radius 3 is 2.41 bits per heavy atom. The van der Waals surface area contributed by atoms with Crippen molar-refractivity contribution in [3.8, 4) is 0 Å². The summed E-state index contributed by atoms with van der Waals surface area (Å²) in [4.78, 5) is 14.8. The topological polar surface area (TPSA) is 75.7 Å². The Hall–Kier alpha value is -1.60. The normalized spacial score (nSPS) is 16.9. The highest BCUT2D eigenvalue weighted by molar-refractivity contribution is 7.91. The van der Waals surface area contributed by atoms with Gasteiger partial charge in [0.2, 0.25) is 5.91 Å². The lowest BCUT2D eigenvalue weighted by Crippen LogP contribution is -2.47. The zero-order chi connectivity index (χ0) is 19.9. The van der Waals surface area contributed by atoms with Crippen LogP contribution in [0.25, 0.3) is 0 Å². The highest BCUT2D eigenvalue weighted by Gasteiger charge is 2.23. The van der Waals surface area contributed by atoms with Crippen LogP contribution in [0, 0.1) is 0 Å². The SMILES string of the molecule is CCCCOC(C)C(=O)NC1CCN(c2ccc(S(=O)(=O)CC)cc2)CC1. The van der Waals surface area contributed by atoms with Crippen LogP contribution in [0.5, 0.6) is 0 Å². The molecular weight excluding hydrogens is 364 g/mol. The summed E-state index contributed by atoms with van der Waals surface area (Å²) >= 11 is 0. The van der Waals surface area contributed by atoms with Gasteiger partial charge in [-0.15, -0.1) is 0 Å². The minimum absolute atomic E-state index is 0.0429. The molecule has 1 amide bonds. The molecule has 1 aromatic rings. The lowest BCUT2D eigenvalue weighted by molar-refractivity contribution is -0.132. The number of anilines is 1. The van der Waals surface area contributed by atoms with Crippen molar-refractivity contribution in [3.63, 3.8) is 0 Å².